The number of esters is 1. The molecule has 0 bridgehead atoms. The summed E-state index contributed by atoms with van der Waals surface area (Å²) in [5, 5.41) is 3.68. The molecule has 0 spiro atoms. The first-order valence-corrected chi connectivity index (χ1v) is 11.4. The maximum Gasteiger partial charge on any atom is 0.341 e. The molecule has 1 N–H and O–H groups in total. The van der Waals surface area contributed by atoms with Gasteiger partial charge in [0, 0.05) is 18.0 Å². The number of likely N-dealkylation sites (tertiary alicyclic amines) is 1. The standard InChI is InChI=1S/C23H27FN2O3S/c1-29-23(28)20-18-6-2-3-7-19(18)30-22(20)25-21(27)16-5-4-12-26(14-16)13-15-8-10-17(24)11-9-15/h8-11,16H,2-7,12-14H2,1H3,(H,25,27). The average molecular weight is 431 g/mol. The predicted octanol–water partition coefficient (Wildman–Crippen LogP) is 4.40. The Balaban J connectivity index is 1.45. The third kappa shape index (κ3) is 4.57. The highest BCUT2D eigenvalue weighted by Crippen LogP contribution is 2.39. The van der Waals surface area contributed by atoms with Gasteiger partial charge in [0.15, 0.2) is 0 Å². The number of ether oxygens (including phenoxy) is 1. The molecule has 1 saturated heterocycles. The molecule has 1 atom stereocenters. The molecule has 2 aliphatic rings. The van der Waals surface area contributed by atoms with Crippen LogP contribution in [0.3, 0.4) is 0 Å². The maximum atomic E-state index is 13.1. The number of fused-ring (bicyclic) bond motifs is 1. The molecule has 1 fully saturated rings. The van der Waals surface area contributed by atoms with Crippen LogP contribution in [0, 0.1) is 11.7 Å². The van der Waals surface area contributed by atoms with Gasteiger partial charge in [-0.05, 0) is 68.3 Å². The molecule has 1 unspecified atom stereocenters. The highest BCUT2D eigenvalue weighted by Gasteiger charge is 2.30. The Morgan fingerprint density at radius 3 is 2.73 bits per heavy atom. The molecule has 1 aliphatic carbocycles. The van der Waals surface area contributed by atoms with Crippen LogP contribution in [-0.4, -0.2) is 37.0 Å². The number of methoxy groups -OCH3 is 1. The zero-order valence-corrected chi connectivity index (χ0v) is 18.0. The van der Waals surface area contributed by atoms with Gasteiger partial charge in [-0.2, -0.15) is 0 Å². The Morgan fingerprint density at radius 2 is 1.97 bits per heavy atom. The van der Waals surface area contributed by atoms with E-state index in [1.54, 1.807) is 12.1 Å². The van der Waals surface area contributed by atoms with Crippen molar-refractivity contribution in [3.05, 3.63) is 51.7 Å². The number of benzene rings is 1. The maximum absolute atomic E-state index is 13.1. The van der Waals surface area contributed by atoms with Crippen molar-refractivity contribution in [1.82, 2.24) is 4.90 Å². The van der Waals surface area contributed by atoms with Crippen LogP contribution in [0.15, 0.2) is 24.3 Å². The summed E-state index contributed by atoms with van der Waals surface area (Å²) in [4.78, 5) is 28.9. The molecule has 4 rings (SSSR count). The summed E-state index contributed by atoms with van der Waals surface area (Å²) < 4.78 is 18.1. The van der Waals surface area contributed by atoms with E-state index >= 15 is 0 Å². The zero-order chi connectivity index (χ0) is 21.1. The number of halogens is 1. The van der Waals surface area contributed by atoms with Crippen LogP contribution in [0.25, 0.3) is 0 Å². The molecule has 1 aromatic heterocycles. The first-order valence-electron chi connectivity index (χ1n) is 10.6. The molecule has 1 amide bonds. The van der Waals surface area contributed by atoms with Crippen molar-refractivity contribution in [2.24, 2.45) is 5.92 Å². The van der Waals surface area contributed by atoms with Gasteiger partial charge in [-0.25, -0.2) is 9.18 Å². The van der Waals surface area contributed by atoms with Crippen molar-refractivity contribution >= 4 is 28.2 Å². The van der Waals surface area contributed by atoms with E-state index in [-0.39, 0.29) is 23.6 Å². The molecule has 1 aliphatic heterocycles. The molecule has 0 radical (unpaired) electrons. The summed E-state index contributed by atoms with van der Waals surface area (Å²) in [6, 6.07) is 6.52. The minimum atomic E-state index is -0.369. The lowest BCUT2D eigenvalue weighted by Crippen LogP contribution is -2.40. The van der Waals surface area contributed by atoms with E-state index in [2.05, 4.69) is 10.2 Å². The Hall–Kier alpha value is -2.25. The van der Waals surface area contributed by atoms with Crippen molar-refractivity contribution in [3.63, 3.8) is 0 Å². The van der Waals surface area contributed by atoms with Crippen LogP contribution in [0.2, 0.25) is 0 Å². The number of anilines is 1. The SMILES string of the molecule is COC(=O)c1c(NC(=O)C2CCCN(Cc3ccc(F)cc3)C2)sc2c1CCCC2. The van der Waals surface area contributed by atoms with Gasteiger partial charge < -0.3 is 10.1 Å². The second-order valence-corrected chi connectivity index (χ2v) is 9.20. The average Bonchev–Trinajstić information content (AvgIpc) is 3.13. The number of carbonyl (C=O) groups excluding carboxylic acids is 2. The van der Waals surface area contributed by atoms with E-state index in [4.69, 9.17) is 4.74 Å². The lowest BCUT2D eigenvalue weighted by molar-refractivity contribution is -0.121. The van der Waals surface area contributed by atoms with Gasteiger partial charge in [-0.3, -0.25) is 9.69 Å². The van der Waals surface area contributed by atoms with Crippen LogP contribution in [0.1, 0.15) is 52.0 Å². The third-order valence-electron chi connectivity index (χ3n) is 5.99. The quantitative estimate of drug-likeness (QED) is 0.714. The largest absolute Gasteiger partial charge is 0.465 e. The molecule has 5 nitrogen and oxygen atoms in total. The summed E-state index contributed by atoms with van der Waals surface area (Å²) in [5.41, 5.74) is 2.64. The van der Waals surface area contributed by atoms with E-state index in [9.17, 15) is 14.0 Å². The summed E-state index contributed by atoms with van der Waals surface area (Å²) in [7, 11) is 1.38. The zero-order valence-electron chi connectivity index (χ0n) is 17.2. The number of nitrogens with one attached hydrogen (secondary N) is 1. The van der Waals surface area contributed by atoms with Crippen molar-refractivity contribution in [2.75, 3.05) is 25.5 Å². The fourth-order valence-electron chi connectivity index (χ4n) is 4.45. The summed E-state index contributed by atoms with van der Waals surface area (Å²) in [6.45, 7) is 2.27. The molecule has 1 aromatic carbocycles. The highest BCUT2D eigenvalue weighted by molar-refractivity contribution is 7.17. The van der Waals surface area contributed by atoms with Crippen LogP contribution in [-0.2, 0) is 28.9 Å². The Kier molecular flexibility index (Phi) is 6.49. The topological polar surface area (TPSA) is 58.6 Å². The number of rotatable bonds is 5. The first-order chi connectivity index (χ1) is 14.5. The number of hydrogen-bond acceptors (Lipinski definition) is 5. The second-order valence-electron chi connectivity index (χ2n) is 8.10. The fourth-order valence-corrected chi connectivity index (χ4v) is 5.73. The van der Waals surface area contributed by atoms with E-state index < -0.39 is 0 Å². The first kappa shape index (κ1) is 21.0. The summed E-state index contributed by atoms with van der Waals surface area (Å²) >= 11 is 1.52. The van der Waals surface area contributed by atoms with E-state index in [1.807, 2.05) is 0 Å². The van der Waals surface area contributed by atoms with Gasteiger partial charge in [-0.15, -0.1) is 11.3 Å². The van der Waals surface area contributed by atoms with Crippen LogP contribution in [0.4, 0.5) is 9.39 Å². The molecule has 2 heterocycles. The van der Waals surface area contributed by atoms with Gasteiger partial charge in [-0.1, -0.05) is 12.1 Å². The minimum Gasteiger partial charge on any atom is -0.465 e. The van der Waals surface area contributed by atoms with Crippen molar-refractivity contribution in [3.8, 4) is 0 Å². The van der Waals surface area contributed by atoms with Gasteiger partial charge in [0.2, 0.25) is 5.91 Å². The molecule has 2 aromatic rings. The second kappa shape index (κ2) is 9.27. The highest BCUT2D eigenvalue weighted by atomic mass is 32.1. The lowest BCUT2D eigenvalue weighted by atomic mass is 9.95. The predicted molar refractivity (Wildman–Crippen MR) is 115 cm³/mol. The molecule has 160 valence electrons. The van der Waals surface area contributed by atoms with Gasteiger partial charge in [0.1, 0.15) is 10.8 Å². The number of thiophene rings is 1. The van der Waals surface area contributed by atoms with E-state index in [0.29, 0.717) is 23.7 Å². The number of amides is 1. The van der Waals surface area contributed by atoms with Crippen molar-refractivity contribution in [2.45, 2.75) is 45.1 Å². The van der Waals surface area contributed by atoms with E-state index in [1.165, 1.54) is 35.5 Å². The number of carbonyl (C=O) groups is 2. The Morgan fingerprint density at radius 1 is 1.20 bits per heavy atom. The monoisotopic (exact) mass is 430 g/mol. The van der Waals surface area contributed by atoms with Crippen LogP contribution in [0.5, 0.6) is 0 Å². The smallest absolute Gasteiger partial charge is 0.341 e. The third-order valence-corrected chi connectivity index (χ3v) is 7.20. The fraction of sp³-hybridized carbons (Fsp3) is 0.478. The summed E-state index contributed by atoms with van der Waals surface area (Å²) in [6.07, 6.45) is 5.74. The summed E-state index contributed by atoms with van der Waals surface area (Å²) in [5.74, 6) is -0.785. The van der Waals surface area contributed by atoms with Crippen molar-refractivity contribution < 1.29 is 18.7 Å². The number of piperidine rings is 1. The van der Waals surface area contributed by atoms with Crippen LogP contribution >= 0.6 is 11.3 Å². The number of hydrogen-bond donors (Lipinski definition) is 1. The van der Waals surface area contributed by atoms with Gasteiger partial charge in [0.05, 0.1) is 18.6 Å². The number of aryl methyl sites for hydroxylation is 1. The van der Waals surface area contributed by atoms with E-state index in [0.717, 1.165) is 56.2 Å². The number of nitrogens with zero attached hydrogens (tertiary/aromatic N) is 1. The Labute approximate surface area is 180 Å². The lowest BCUT2D eigenvalue weighted by Gasteiger charge is -2.32. The van der Waals surface area contributed by atoms with Crippen molar-refractivity contribution in [1.29, 1.82) is 0 Å². The van der Waals surface area contributed by atoms with Crippen LogP contribution < -0.4 is 5.32 Å². The van der Waals surface area contributed by atoms with Gasteiger partial charge in [0.25, 0.3) is 0 Å². The molecular formula is C23H27FN2O3S. The molecular weight excluding hydrogens is 403 g/mol. The molecule has 7 heteroatoms. The minimum absolute atomic E-state index is 0.0393. The van der Waals surface area contributed by atoms with Gasteiger partial charge >= 0.3 is 5.97 Å². The molecule has 0 saturated carbocycles. The normalized spacial score (nSPS) is 19.2. The Bertz CT molecular complexity index is 925. The molecule has 30 heavy (non-hydrogen) atoms.